The summed E-state index contributed by atoms with van der Waals surface area (Å²) in [4.78, 5) is 12.2. The lowest BCUT2D eigenvalue weighted by atomic mass is 10.0. The Bertz CT molecular complexity index is 646. The van der Waals surface area contributed by atoms with Crippen LogP contribution in [0, 0.1) is 6.92 Å². The third kappa shape index (κ3) is 3.30. The molecular weight excluding hydrogens is 356 g/mol. The van der Waals surface area contributed by atoms with Crippen LogP contribution in [-0.2, 0) is 14.8 Å². The van der Waals surface area contributed by atoms with Crippen LogP contribution in [0.4, 0.5) is 0 Å². The molecule has 1 amide bonds. The molecule has 1 aromatic rings. The number of benzene rings is 1. The van der Waals surface area contributed by atoms with Crippen molar-refractivity contribution < 1.29 is 13.2 Å². The largest absolute Gasteiger partial charge is 0.358 e. The molecule has 1 fully saturated rings. The SMILES string of the molecule is CNC(=O)C1CCCCN1S(=O)(=O)c1ccc(Br)c(C)c1. The van der Waals surface area contributed by atoms with E-state index in [0.29, 0.717) is 13.0 Å². The highest BCUT2D eigenvalue weighted by atomic mass is 79.9. The molecule has 7 heteroatoms. The fourth-order valence-electron chi connectivity index (χ4n) is 2.53. The summed E-state index contributed by atoms with van der Waals surface area (Å²) in [7, 11) is -2.12. The molecule has 5 nitrogen and oxygen atoms in total. The molecule has 1 unspecified atom stereocenters. The van der Waals surface area contributed by atoms with E-state index in [1.807, 2.05) is 6.92 Å². The summed E-state index contributed by atoms with van der Waals surface area (Å²) < 4.78 is 27.8. The molecule has 21 heavy (non-hydrogen) atoms. The van der Waals surface area contributed by atoms with Crippen molar-refractivity contribution in [3.63, 3.8) is 0 Å². The normalized spacial score (nSPS) is 20.2. The van der Waals surface area contributed by atoms with E-state index in [1.165, 1.54) is 11.4 Å². The average molecular weight is 375 g/mol. The molecule has 1 aromatic carbocycles. The quantitative estimate of drug-likeness (QED) is 0.880. The zero-order valence-electron chi connectivity index (χ0n) is 12.1. The second kappa shape index (κ2) is 6.46. The zero-order chi connectivity index (χ0) is 15.6. The highest BCUT2D eigenvalue weighted by molar-refractivity contribution is 9.10. The first-order valence-corrected chi connectivity index (χ1v) is 9.11. The number of sulfonamides is 1. The maximum atomic E-state index is 12.8. The number of hydrogen-bond acceptors (Lipinski definition) is 3. The van der Waals surface area contributed by atoms with E-state index in [4.69, 9.17) is 0 Å². The first-order valence-electron chi connectivity index (χ1n) is 6.87. The minimum absolute atomic E-state index is 0.235. The molecule has 0 saturated carbocycles. The molecule has 0 bridgehead atoms. The van der Waals surface area contributed by atoms with Crippen molar-refractivity contribution in [1.82, 2.24) is 9.62 Å². The van der Waals surface area contributed by atoms with Gasteiger partial charge in [0.2, 0.25) is 15.9 Å². The Balaban J connectivity index is 2.40. The van der Waals surface area contributed by atoms with E-state index in [1.54, 1.807) is 18.2 Å². The fourth-order valence-corrected chi connectivity index (χ4v) is 4.52. The van der Waals surface area contributed by atoms with Crippen LogP contribution in [0.5, 0.6) is 0 Å². The molecule has 1 atom stereocenters. The smallest absolute Gasteiger partial charge is 0.243 e. The van der Waals surface area contributed by atoms with Crippen molar-refractivity contribution in [3.8, 4) is 0 Å². The average Bonchev–Trinajstić information content (AvgIpc) is 2.49. The summed E-state index contributed by atoms with van der Waals surface area (Å²) >= 11 is 3.37. The Labute approximate surface area is 133 Å². The Kier molecular flexibility index (Phi) is 5.06. The summed E-state index contributed by atoms with van der Waals surface area (Å²) in [6.07, 6.45) is 2.21. The molecule has 1 aliphatic heterocycles. The van der Waals surface area contributed by atoms with E-state index < -0.39 is 16.1 Å². The van der Waals surface area contributed by atoms with Crippen molar-refractivity contribution in [2.24, 2.45) is 0 Å². The molecule has 2 rings (SSSR count). The monoisotopic (exact) mass is 374 g/mol. The van der Waals surface area contributed by atoms with Crippen molar-refractivity contribution in [2.45, 2.75) is 37.1 Å². The predicted molar refractivity (Wildman–Crippen MR) is 84.5 cm³/mol. The van der Waals surface area contributed by atoms with Gasteiger partial charge in [0.25, 0.3) is 0 Å². The molecule has 0 aliphatic carbocycles. The van der Waals surface area contributed by atoms with Gasteiger partial charge in [-0.15, -0.1) is 0 Å². The molecular formula is C14H19BrN2O3S. The third-order valence-electron chi connectivity index (χ3n) is 3.74. The molecule has 1 aliphatic rings. The predicted octanol–water partition coefficient (Wildman–Crippen LogP) is 2.05. The fraction of sp³-hybridized carbons (Fsp3) is 0.500. The summed E-state index contributed by atoms with van der Waals surface area (Å²) in [5.41, 5.74) is 0.851. The van der Waals surface area contributed by atoms with E-state index in [9.17, 15) is 13.2 Å². The molecule has 0 radical (unpaired) electrons. The minimum atomic E-state index is -3.65. The molecule has 0 spiro atoms. The number of amides is 1. The van der Waals surface area contributed by atoms with Gasteiger partial charge in [-0.05, 0) is 43.5 Å². The minimum Gasteiger partial charge on any atom is -0.358 e. The highest BCUT2D eigenvalue weighted by Gasteiger charge is 2.37. The third-order valence-corrected chi connectivity index (χ3v) is 6.53. The summed E-state index contributed by atoms with van der Waals surface area (Å²) in [6, 6.07) is 4.32. The summed E-state index contributed by atoms with van der Waals surface area (Å²) in [5.74, 6) is -0.243. The van der Waals surface area contributed by atoms with Crippen LogP contribution < -0.4 is 5.32 Å². The topological polar surface area (TPSA) is 66.5 Å². The van der Waals surface area contributed by atoms with Gasteiger partial charge in [0, 0.05) is 18.1 Å². The van der Waals surface area contributed by atoms with Crippen molar-refractivity contribution in [2.75, 3.05) is 13.6 Å². The van der Waals surface area contributed by atoms with Gasteiger partial charge in [-0.1, -0.05) is 22.4 Å². The number of nitrogens with one attached hydrogen (secondary N) is 1. The van der Waals surface area contributed by atoms with Gasteiger partial charge in [0.15, 0.2) is 0 Å². The van der Waals surface area contributed by atoms with E-state index in [-0.39, 0.29) is 10.8 Å². The second-order valence-corrected chi connectivity index (χ2v) is 7.90. The summed E-state index contributed by atoms with van der Waals surface area (Å²) in [5, 5.41) is 2.56. The van der Waals surface area contributed by atoms with Gasteiger partial charge in [0.1, 0.15) is 6.04 Å². The van der Waals surface area contributed by atoms with Gasteiger partial charge in [-0.25, -0.2) is 8.42 Å². The number of aryl methyl sites for hydroxylation is 1. The second-order valence-electron chi connectivity index (χ2n) is 5.15. The Morgan fingerprint density at radius 2 is 2.10 bits per heavy atom. The van der Waals surface area contributed by atoms with Crippen LogP contribution in [0.25, 0.3) is 0 Å². The Hall–Kier alpha value is -0.920. The first kappa shape index (κ1) is 16.5. The lowest BCUT2D eigenvalue weighted by molar-refractivity contribution is -0.125. The maximum Gasteiger partial charge on any atom is 0.243 e. The van der Waals surface area contributed by atoms with Gasteiger partial charge in [0.05, 0.1) is 4.90 Å². The van der Waals surface area contributed by atoms with Crippen molar-refractivity contribution in [1.29, 1.82) is 0 Å². The van der Waals surface area contributed by atoms with Gasteiger partial charge < -0.3 is 5.32 Å². The molecule has 0 aromatic heterocycles. The van der Waals surface area contributed by atoms with E-state index >= 15 is 0 Å². The van der Waals surface area contributed by atoms with Crippen LogP contribution in [0.15, 0.2) is 27.6 Å². The number of halogens is 1. The number of piperidine rings is 1. The summed E-state index contributed by atoms with van der Waals surface area (Å²) in [6.45, 7) is 2.23. The van der Waals surface area contributed by atoms with Gasteiger partial charge >= 0.3 is 0 Å². The van der Waals surface area contributed by atoms with E-state index in [2.05, 4.69) is 21.2 Å². The Morgan fingerprint density at radius 3 is 2.71 bits per heavy atom. The molecule has 1 heterocycles. The van der Waals surface area contributed by atoms with E-state index in [0.717, 1.165) is 22.9 Å². The highest BCUT2D eigenvalue weighted by Crippen LogP contribution is 2.27. The van der Waals surface area contributed by atoms with Crippen LogP contribution in [0.3, 0.4) is 0 Å². The van der Waals surface area contributed by atoms with Crippen molar-refractivity contribution in [3.05, 3.63) is 28.2 Å². The van der Waals surface area contributed by atoms with Crippen LogP contribution in [0.1, 0.15) is 24.8 Å². The molecule has 1 N–H and O–H groups in total. The Morgan fingerprint density at radius 1 is 1.38 bits per heavy atom. The molecule has 1 saturated heterocycles. The number of carbonyl (C=O) groups is 1. The van der Waals surface area contributed by atoms with Gasteiger partial charge in [-0.2, -0.15) is 4.31 Å². The molecule has 116 valence electrons. The zero-order valence-corrected chi connectivity index (χ0v) is 14.5. The van der Waals surface area contributed by atoms with Crippen LogP contribution in [0.2, 0.25) is 0 Å². The van der Waals surface area contributed by atoms with Crippen molar-refractivity contribution >= 4 is 31.9 Å². The standard InChI is InChI=1S/C14H19BrN2O3S/c1-10-9-11(6-7-12(10)15)21(19,20)17-8-4-3-5-13(17)14(18)16-2/h6-7,9,13H,3-5,8H2,1-2H3,(H,16,18). The number of hydrogen-bond donors (Lipinski definition) is 1. The first-order chi connectivity index (χ1) is 9.87. The van der Waals surface area contributed by atoms with Gasteiger partial charge in [-0.3, -0.25) is 4.79 Å². The van der Waals surface area contributed by atoms with Crippen LogP contribution in [-0.4, -0.2) is 38.3 Å². The number of nitrogens with zero attached hydrogens (tertiary/aromatic N) is 1. The number of carbonyl (C=O) groups excluding carboxylic acids is 1. The lowest BCUT2D eigenvalue weighted by Crippen LogP contribution is -2.51. The van der Waals surface area contributed by atoms with Crippen LogP contribution >= 0.6 is 15.9 Å². The number of rotatable bonds is 3. The maximum absolute atomic E-state index is 12.8. The lowest BCUT2D eigenvalue weighted by Gasteiger charge is -2.33. The number of likely N-dealkylation sites (N-methyl/N-ethyl adjacent to an activating group) is 1.